The summed E-state index contributed by atoms with van der Waals surface area (Å²) in [7, 11) is 0. The van der Waals surface area contributed by atoms with Gasteiger partial charge in [0.1, 0.15) is 5.82 Å². The summed E-state index contributed by atoms with van der Waals surface area (Å²) in [6.45, 7) is 7.06. The second kappa shape index (κ2) is 8.22. The normalized spacial score (nSPS) is 14.7. The van der Waals surface area contributed by atoms with Gasteiger partial charge in [-0.15, -0.1) is 10.2 Å². The Morgan fingerprint density at radius 3 is 2.33 bits per heavy atom. The van der Waals surface area contributed by atoms with E-state index in [9.17, 15) is 9.18 Å². The van der Waals surface area contributed by atoms with E-state index in [0.29, 0.717) is 43.0 Å². The summed E-state index contributed by atoms with van der Waals surface area (Å²) in [6.07, 6.45) is 1.42. The molecule has 1 N–H and O–H groups in total. The van der Waals surface area contributed by atoms with E-state index in [2.05, 4.69) is 25.5 Å². The molecule has 156 valence electrons. The van der Waals surface area contributed by atoms with Crippen molar-refractivity contribution in [2.75, 3.05) is 23.3 Å². The fourth-order valence-corrected chi connectivity index (χ4v) is 3.75. The summed E-state index contributed by atoms with van der Waals surface area (Å²) in [5.74, 6) is 0.991. The van der Waals surface area contributed by atoms with Crippen molar-refractivity contribution in [1.82, 2.24) is 20.0 Å². The first-order valence-corrected chi connectivity index (χ1v) is 10.1. The molecular weight excluding hydrogens is 383 g/mol. The van der Waals surface area contributed by atoms with Crippen LogP contribution in [0.4, 0.5) is 15.9 Å². The highest BCUT2D eigenvalue weighted by molar-refractivity contribution is 5.92. The van der Waals surface area contributed by atoms with E-state index in [1.807, 2.05) is 32.0 Å². The summed E-state index contributed by atoms with van der Waals surface area (Å²) in [6, 6.07) is 10.6. The van der Waals surface area contributed by atoms with E-state index in [-0.39, 0.29) is 17.6 Å². The summed E-state index contributed by atoms with van der Waals surface area (Å²) in [5, 5.41) is 15.9. The average molecular weight is 408 g/mol. The number of aryl methyl sites for hydroxylation is 3. The Bertz CT molecular complexity index is 1050. The van der Waals surface area contributed by atoms with Gasteiger partial charge in [-0.05, 0) is 69.5 Å². The number of benzene rings is 1. The molecular formula is C22H25FN6O. The largest absolute Gasteiger partial charge is 0.355 e. The molecule has 0 atom stereocenters. The highest BCUT2D eigenvalue weighted by atomic mass is 19.1. The number of piperidine rings is 1. The van der Waals surface area contributed by atoms with Crippen LogP contribution in [0.3, 0.4) is 0 Å². The number of amides is 1. The highest BCUT2D eigenvalue weighted by Gasteiger charge is 2.26. The SMILES string of the molecule is Cc1cc(C)n(-c2ccc(N3CCC(C(=O)Nc4ccc(C)c(F)c4)CC3)nn2)n1. The van der Waals surface area contributed by atoms with Gasteiger partial charge in [-0.3, -0.25) is 4.79 Å². The minimum absolute atomic E-state index is 0.0659. The minimum Gasteiger partial charge on any atom is -0.355 e. The second-order valence-electron chi connectivity index (χ2n) is 7.80. The highest BCUT2D eigenvalue weighted by Crippen LogP contribution is 2.24. The Hall–Kier alpha value is -3.29. The second-order valence-corrected chi connectivity index (χ2v) is 7.80. The molecule has 0 aliphatic carbocycles. The minimum atomic E-state index is -0.315. The molecule has 0 saturated carbocycles. The van der Waals surface area contributed by atoms with Gasteiger partial charge in [0.25, 0.3) is 0 Å². The van der Waals surface area contributed by atoms with Crippen LogP contribution in [0.1, 0.15) is 29.8 Å². The third-order valence-corrected chi connectivity index (χ3v) is 5.49. The third kappa shape index (κ3) is 4.17. The van der Waals surface area contributed by atoms with E-state index in [1.165, 1.54) is 6.07 Å². The quantitative estimate of drug-likeness (QED) is 0.714. The van der Waals surface area contributed by atoms with Gasteiger partial charge < -0.3 is 10.2 Å². The van der Waals surface area contributed by atoms with Gasteiger partial charge >= 0.3 is 0 Å². The fraction of sp³-hybridized carbons (Fsp3) is 0.364. The van der Waals surface area contributed by atoms with Gasteiger partial charge in [0.15, 0.2) is 11.6 Å². The monoisotopic (exact) mass is 408 g/mol. The lowest BCUT2D eigenvalue weighted by atomic mass is 9.95. The Balaban J connectivity index is 1.35. The number of anilines is 2. The molecule has 3 aromatic rings. The van der Waals surface area contributed by atoms with Crippen LogP contribution < -0.4 is 10.2 Å². The number of nitrogens with one attached hydrogen (secondary N) is 1. The maximum Gasteiger partial charge on any atom is 0.227 e. The first-order valence-electron chi connectivity index (χ1n) is 10.1. The zero-order valence-corrected chi connectivity index (χ0v) is 17.4. The van der Waals surface area contributed by atoms with Crippen LogP contribution in [-0.2, 0) is 4.79 Å². The van der Waals surface area contributed by atoms with Gasteiger partial charge in [0.05, 0.1) is 5.69 Å². The van der Waals surface area contributed by atoms with Crippen LogP contribution >= 0.6 is 0 Å². The molecule has 8 heteroatoms. The van der Waals surface area contributed by atoms with Crippen molar-refractivity contribution in [2.45, 2.75) is 33.6 Å². The molecule has 30 heavy (non-hydrogen) atoms. The molecule has 1 aromatic carbocycles. The molecule has 1 saturated heterocycles. The van der Waals surface area contributed by atoms with Crippen molar-refractivity contribution < 1.29 is 9.18 Å². The maximum atomic E-state index is 13.7. The van der Waals surface area contributed by atoms with E-state index in [4.69, 9.17) is 0 Å². The van der Waals surface area contributed by atoms with Crippen LogP contribution in [0.15, 0.2) is 36.4 Å². The number of carbonyl (C=O) groups excluding carboxylic acids is 1. The lowest BCUT2D eigenvalue weighted by Gasteiger charge is -2.31. The number of aromatic nitrogens is 4. The van der Waals surface area contributed by atoms with Crippen molar-refractivity contribution in [3.05, 3.63) is 59.2 Å². The van der Waals surface area contributed by atoms with Crippen molar-refractivity contribution in [1.29, 1.82) is 0 Å². The van der Waals surface area contributed by atoms with Gasteiger partial charge in [-0.25, -0.2) is 9.07 Å². The molecule has 3 heterocycles. The van der Waals surface area contributed by atoms with Crippen molar-refractivity contribution in [3.63, 3.8) is 0 Å². The lowest BCUT2D eigenvalue weighted by molar-refractivity contribution is -0.120. The van der Waals surface area contributed by atoms with Crippen molar-refractivity contribution >= 4 is 17.4 Å². The molecule has 7 nitrogen and oxygen atoms in total. The van der Waals surface area contributed by atoms with Gasteiger partial charge in [-0.1, -0.05) is 6.07 Å². The summed E-state index contributed by atoms with van der Waals surface area (Å²) in [5.41, 5.74) is 3.00. The molecule has 1 aliphatic heterocycles. The van der Waals surface area contributed by atoms with Crippen molar-refractivity contribution in [2.24, 2.45) is 5.92 Å². The summed E-state index contributed by atoms with van der Waals surface area (Å²) in [4.78, 5) is 14.7. The van der Waals surface area contributed by atoms with E-state index in [0.717, 1.165) is 17.2 Å². The van der Waals surface area contributed by atoms with Crippen molar-refractivity contribution in [3.8, 4) is 5.82 Å². The summed E-state index contributed by atoms with van der Waals surface area (Å²) >= 11 is 0. The fourth-order valence-electron chi connectivity index (χ4n) is 3.75. The van der Waals surface area contributed by atoms with Gasteiger partial charge in [0, 0.05) is 30.4 Å². The maximum absolute atomic E-state index is 13.7. The zero-order chi connectivity index (χ0) is 21.3. The third-order valence-electron chi connectivity index (χ3n) is 5.49. The molecule has 2 aromatic heterocycles. The van der Waals surface area contributed by atoms with Crippen LogP contribution in [0, 0.1) is 32.5 Å². The number of rotatable bonds is 4. The number of hydrogen-bond acceptors (Lipinski definition) is 5. The van der Waals surface area contributed by atoms with Gasteiger partial charge in [0.2, 0.25) is 5.91 Å². The van der Waals surface area contributed by atoms with Crippen LogP contribution in [0.5, 0.6) is 0 Å². The Morgan fingerprint density at radius 2 is 1.73 bits per heavy atom. The number of carbonyl (C=O) groups is 1. The number of nitrogens with zero attached hydrogens (tertiary/aromatic N) is 5. The lowest BCUT2D eigenvalue weighted by Crippen LogP contribution is -2.38. The average Bonchev–Trinajstić information content (AvgIpc) is 3.09. The molecule has 0 spiro atoms. The molecule has 0 unspecified atom stereocenters. The number of hydrogen-bond donors (Lipinski definition) is 1. The molecule has 0 bridgehead atoms. The van der Waals surface area contributed by atoms with Crippen LogP contribution in [0.2, 0.25) is 0 Å². The Labute approximate surface area is 174 Å². The number of halogens is 1. The van der Waals surface area contributed by atoms with Crippen LogP contribution in [-0.4, -0.2) is 39.0 Å². The predicted octanol–water partition coefficient (Wildman–Crippen LogP) is 3.58. The van der Waals surface area contributed by atoms with Crippen LogP contribution in [0.25, 0.3) is 5.82 Å². The zero-order valence-electron chi connectivity index (χ0n) is 17.4. The summed E-state index contributed by atoms with van der Waals surface area (Å²) < 4.78 is 15.5. The first-order chi connectivity index (χ1) is 14.4. The standard InChI is InChI=1S/C22H25FN6O/c1-14-4-5-18(13-19(14)23)24-22(30)17-8-10-28(11-9-17)20-6-7-21(26-25-20)29-16(3)12-15(2)27-29/h4-7,12-13,17H,8-11H2,1-3H3,(H,24,30). The smallest absolute Gasteiger partial charge is 0.227 e. The molecule has 4 rings (SSSR count). The topological polar surface area (TPSA) is 75.9 Å². The van der Waals surface area contributed by atoms with E-state index in [1.54, 1.807) is 23.7 Å². The van der Waals surface area contributed by atoms with E-state index >= 15 is 0 Å². The Morgan fingerprint density at radius 1 is 1.03 bits per heavy atom. The molecule has 1 fully saturated rings. The molecule has 1 aliphatic rings. The first kappa shape index (κ1) is 20.0. The molecule has 0 radical (unpaired) electrons. The van der Waals surface area contributed by atoms with E-state index < -0.39 is 0 Å². The molecule has 1 amide bonds. The van der Waals surface area contributed by atoms with Gasteiger partial charge in [-0.2, -0.15) is 5.10 Å². The Kier molecular flexibility index (Phi) is 5.48. The predicted molar refractivity (Wildman–Crippen MR) is 113 cm³/mol.